The van der Waals surface area contributed by atoms with Gasteiger partial charge in [-0.25, -0.2) is 0 Å². The first-order chi connectivity index (χ1) is 50.7. The van der Waals surface area contributed by atoms with Crippen LogP contribution in [0.5, 0.6) is 0 Å². The minimum atomic E-state index is 0.376. The highest BCUT2D eigenvalue weighted by molar-refractivity contribution is 4.71. The van der Waals surface area contributed by atoms with Crippen LogP contribution in [0.2, 0.25) is 0 Å². The topological polar surface area (TPSA) is 9.23 Å². The molecule has 0 radical (unpaired) electrons. The molecule has 0 rings (SSSR count). The van der Waals surface area contributed by atoms with Gasteiger partial charge in [-0.2, -0.15) is 0 Å². The van der Waals surface area contributed by atoms with Crippen LogP contribution in [0.15, 0.2) is 0 Å². The molecule has 1 heteroatoms. The minimum absolute atomic E-state index is 0.376. The molecule has 0 bridgehead atoms. The average Bonchev–Trinajstić information content (AvgIpc) is 0.944. The summed E-state index contributed by atoms with van der Waals surface area (Å²) >= 11 is 0. The van der Waals surface area contributed by atoms with E-state index in [2.05, 4.69) is 402 Å². The average molecular weight is 1590 g/mol. The Morgan fingerprint density at radius 3 is 0.295 bits per heavy atom. The lowest BCUT2D eigenvalue weighted by Gasteiger charge is -2.22. The van der Waals surface area contributed by atoms with Crippen molar-refractivity contribution >= 4 is 0 Å². The molecular formula is C111H242O. The third-order valence-electron chi connectivity index (χ3n) is 29.7. The highest BCUT2D eigenvalue weighted by Gasteiger charge is 2.20. The first-order valence-electron chi connectivity index (χ1n) is 50.3. The molecule has 0 saturated carbocycles. The largest absolute Gasteiger partial charge is 0.379 e. The van der Waals surface area contributed by atoms with E-state index in [1.165, 1.54) is 89.9 Å². The fraction of sp³-hybridized carbons (Fsp3) is 1.00. The van der Waals surface area contributed by atoms with Crippen molar-refractivity contribution in [1.29, 1.82) is 0 Å². The van der Waals surface area contributed by atoms with Crippen LogP contribution in [-0.2, 0) is 4.74 Å². The van der Waals surface area contributed by atoms with Gasteiger partial charge >= 0.3 is 0 Å². The third-order valence-corrected chi connectivity index (χ3v) is 29.7. The molecule has 0 aliphatic heterocycles. The standard InChI is InChI=1S/4C12H26.4C11H24.C10H22.C9H20O/c4*1-9(2)11(5)7-8-12(6)10(3)4;4*1-8(2)10(5)7-11(6)9(3)4;1-8(2)6-7-10(5)9(3)4;1-7(2)9(5)6-10-8(3)4/h4*9-12H,7-8H2,1-6H3;4*8-11H,7H2,1-6H3;8-10H,6-7H2,1-5H3;7-9H,6H2,1-5H3/t2*11-,12+;2*11-,12-;2*10-,11+;2*10-,11-;;/m..10..10../s1. The SMILES string of the molecule is CC(C)CCC(C)C(C)C.CC(C)OCC(C)C(C)C.CC(C)[C@@H](C)CC[C@H](C)C(C)C.CC(C)[C@@H](C)C[C@H](C)C(C)C.CC(C)[C@H](C)CC[C@@H](C)C(C)C.CC(C)[C@H](C)CC[C@H](C)C(C)C.CC(C)[C@H](C)CC[C@H](C)C(C)C.CC(C)[C@H](C)C[C@@H](C)C(C)C.CC(C)[C@H](C)C[C@H](C)C(C)C.CC(C)[C@H](C)C[C@H](C)C(C)C. The van der Waals surface area contributed by atoms with Crippen molar-refractivity contribution in [3.63, 3.8) is 0 Å². The third kappa shape index (κ3) is 93.8. The van der Waals surface area contributed by atoms with Crippen LogP contribution in [0, 0.1) is 219 Å². The summed E-state index contributed by atoms with van der Waals surface area (Å²) in [6, 6.07) is 0. The molecule has 0 aliphatic rings. The molecule has 0 saturated heterocycles. The van der Waals surface area contributed by atoms with E-state index in [1.807, 2.05) is 0 Å². The summed E-state index contributed by atoms with van der Waals surface area (Å²) in [7, 11) is 0. The zero-order chi connectivity index (χ0) is 91.3. The van der Waals surface area contributed by atoms with E-state index in [1.54, 1.807) is 0 Å². The van der Waals surface area contributed by atoms with Crippen molar-refractivity contribution in [2.45, 2.75) is 498 Å². The molecule has 0 fully saturated rings. The van der Waals surface area contributed by atoms with Crippen molar-refractivity contribution in [2.75, 3.05) is 6.61 Å². The van der Waals surface area contributed by atoms with E-state index < -0.39 is 0 Å². The number of hydrogen-bond acceptors (Lipinski definition) is 1. The molecule has 0 aromatic heterocycles. The van der Waals surface area contributed by atoms with E-state index in [0.717, 1.165) is 220 Å². The van der Waals surface area contributed by atoms with Crippen LogP contribution < -0.4 is 0 Å². The Morgan fingerprint density at radius 1 is 0.116 bits per heavy atom. The number of ether oxygens (including phenoxy) is 1. The van der Waals surface area contributed by atoms with Gasteiger partial charge in [0.1, 0.15) is 0 Å². The molecule has 0 aromatic carbocycles. The van der Waals surface area contributed by atoms with Crippen molar-refractivity contribution in [1.82, 2.24) is 0 Å². The van der Waals surface area contributed by atoms with Gasteiger partial charge in [0, 0.05) is 6.61 Å². The fourth-order valence-electron chi connectivity index (χ4n) is 10.8. The van der Waals surface area contributed by atoms with Gasteiger partial charge in [0.25, 0.3) is 0 Å². The van der Waals surface area contributed by atoms with Crippen molar-refractivity contribution in [3.05, 3.63) is 0 Å². The summed E-state index contributed by atoms with van der Waals surface area (Å²) in [6.07, 6.45) is 19.9. The maximum absolute atomic E-state index is 5.46. The van der Waals surface area contributed by atoms with E-state index in [-0.39, 0.29) is 0 Å². The quantitative estimate of drug-likeness (QED) is 0.0591. The fourth-order valence-corrected chi connectivity index (χ4v) is 10.8. The lowest BCUT2D eigenvalue weighted by Crippen LogP contribution is -2.15. The van der Waals surface area contributed by atoms with E-state index in [4.69, 9.17) is 4.74 Å². The van der Waals surface area contributed by atoms with Gasteiger partial charge in [-0.15, -0.1) is 0 Å². The number of rotatable bonds is 44. The molecule has 112 heavy (non-hydrogen) atoms. The van der Waals surface area contributed by atoms with Gasteiger partial charge in [-0.1, -0.05) is 452 Å². The Kier molecular flexibility index (Phi) is 94.0. The second kappa shape index (κ2) is 79.4. The van der Waals surface area contributed by atoms with E-state index in [0.29, 0.717) is 12.0 Å². The summed E-state index contributed by atoms with van der Waals surface area (Å²) in [5.41, 5.74) is 0. The highest BCUT2D eigenvalue weighted by atomic mass is 16.5. The van der Waals surface area contributed by atoms with Crippen LogP contribution >= 0.6 is 0 Å². The molecule has 18 atom stereocenters. The van der Waals surface area contributed by atoms with Gasteiger partial charge in [-0.3, -0.25) is 0 Å². The summed E-state index contributed by atoms with van der Waals surface area (Å²) in [5, 5.41) is 0. The smallest absolute Gasteiger partial charge is 0.0519 e. The summed E-state index contributed by atoms with van der Waals surface area (Å²) < 4.78 is 5.46. The predicted octanol–water partition coefficient (Wildman–Crippen LogP) is 39.7. The van der Waals surface area contributed by atoms with Crippen LogP contribution in [0.1, 0.15) is 491 Å². The van der Waals surface area contributed by atoms with E-state index >= 15 is 0 Å². The maximum atomic E-state index is 5.46. The highest BCUT2D eigenvalue weighted by Crippen LogP contribution is 2.31. The molecule has 692 valence electrons. The molecule has 0 amide bonds. The Hall–Kier alpha value is -0.0400. The van der Waals surface area contributed by atoms with Crippen molar-refractivity contribution in [3.8, 4) is 0 Å². The lowest BCUT2D eigenvalue weighted by atomic mass is 9.84. The minimum Gasteiger partial charge on any atom is -0.379 e. The number of hydrogen-bond donors (Lipinski definition) is 0. The maximum Gasteiger partial charge on any atom is 0.0519 e. The monoisotopic (exact) mass is 1590 g/mol. The Balaban J connectivity index is -0.000000129. The second-order valence-electron chi connectivity index (χ2n) is 46.6. The van der Waals surface area contributed by atoms with Crippen LogP contribution in [-0.4, -0.2) is 12.7 Å². The molecule has 0 N–H and O–H groups in total. The van der Waals surface area contributed by atoms with Crippen LogP contribution in [0.25, 0.3) is 0 Å². The normalized spacial score (nSPS) is 16.8. The molecule has 0 aromatic rings. The van der Waals surface area contributed by atoms with Gasteiger partial charge < -0.3 is 4.74 Å². The first kappa shape index (κ1) is 133. The zero-order valence-corrected chi connectivity index (χ0v) is 91.0. The van der Waals surface area contributed by atoms with Crippen molar-refractivity contribution < 1.29 is 4.74 Å². The van der Waals surface area contributed by atoms with Gasteiger partial charge in [0.2, 0.25) is 0 Å². The van der Waals surface area contributed by atoms with Crippen molar-refractivity contribution in [2.24, 2.45) is 219 Å². The molecule has 0 heterocycles. The second-order valence-corrected chi connectivity index (χ2v) is 46.6. The summed E-state index contributed by atoms with van der Waals surface area (Å²) in [6.45, 7) is 135. The molecule has 2 unspecified atom stereocenters. The van der Waals surface area contributed by atoms with Crippen LogP contribution in [0.3, 0.4) is 0 Å². The van der Waals surface area contributed by atoms with E-state index in [9.17, 15) is 0 Å². The predicted molar refractivity (Wildman–Crippen MR) is 533 cm³/mol. The molecular weight excluding hydrogens is 1350 g/mol. The molecule has 0 spiro atoms. The van der Waals surface area contributed by atoms with Crippen LogP contribution in [0.4, 0.5) is 0 Å². The Labute approximate surface area is 723 Å². The van der Waals surface area contributed by atoms with Gasteiger partial charge in [0.05, 0.1) is 6.10 Å². The lowest BCUT2D eigenvalue weighted by molar-refractivity contribution is 0.0443. The molecule has 1 nitrogen and oxygen atoms in total. The zero-order valence-electron chi connectivity index (χ0n) is 91.0. The van der Waals surface area contributed by atoms with Gasteiger partial charge in [-0.05, 0) is 258 Å². The Morgan fingerprint density at radius 2 is 0.214 bits per heavy atom. The molecule has 0 aliphatic carbocycles. The Bertz CT molecular complexity index is 1450. The van der Waals surface area contributed by atoms with Gasteiger partial charge in [0.15, 0.2) is 0 Å². The summed E-state index contributed by atoms with van der Waals surface area (Å²) in [4.78, 5) is 0. The summed E-state index contributed by atoms with van der Waals surface area (Å²) in [5.74, 6) is 31.8. The first-order valence-corrected chi connectivity index (χ1v) is 50.3.